The first-order valence-electron chi connectivity index (χ1n) is 11.1. The monoisotopic (exact) mass is 515 g/mol. The molecule has 1 aliphatic carbocycles. The summed E-state index contributed by atoms with van der Waals surface area (Å²) in [5, 5.41) is 13.6. The van der Waals surface area contributed by atoms with Crippen LogP contribution in [0, 0.1) is 6.92 Å². The Bertz CT molecular complexity index is 1380. The molecule has 1 aliphatic rings. The summed E-state index contributed by atoms with van der Waals surface area (Å²) in [7, 11) is 0. The highest BCUT2D eigenvalue weighted by Crippen LogP contribution is 2.48. The lowest BCUT2D eigenvalue weighted by Gasteiger charge is -2.11. The second kappa shape index (κ2) is 8.69. The fourth-order valence-electron chi connectivity index (χ4n) is 4.30. The predicted octanol–water partition coefficient (Wildman–Crippen LogP) is 6.62. The van der Waals surface area contributed by atoms with E-state index in [0.717, 1.165) is 32.3 Å². The molecule has 1 fully saturated rings. The molecule has 0 amide bonds. The van der Waals surface area contributed by atoms with E-state index in [1.165, 1.54) is 0 Å². The lowest BCUT2D eigenvalue weighted by atomic mass is 9.93. The van der Waals surface area contributed by atoms with Crippen LogP contribution in [0.3, 0.4) is 0 Å². The zero-order valence-corrected chi connectivity index (χ0v) is 20.1. The maximum atomic E-state index is 12.9. The van der Waals surface area contributed by atoms with E-state index in [1.54, 1.807) is 6.07 Å². The Hall–Kier alpha value is -3.51. The van der Waals surface area contributed by atoms with Crippen LogP contribution in [0.1, 0.15) is 40.0 Å². The van der Waals surface area contributed by atoms with Gasteiger partial charge in [0, 0.05) is 27.6 Å². The van der Waals surface area contributed by atoms with E-state index in [1.807, 2.05) is 73.7 Å². The van der Waals surface area contributed by atoms with E-state index in [2.05, 4.69) is 21.1 Å². The number of carboxylic acids is 1. The first-order chi connectivity index (χ1) is 16.4. The van der Waals surface area contributed by atoms with Gasteiger partial charge in [0.1, 0.15) is 0 Å². The highest BCUT2D eigenvalue weighted by Gasteiger charge is 2.51. The standard InChI is InChI=1S/C28H22BrNO4/c1-17-24(16-25(31)21-3-2-4-23(29)15-21)26(34-30-17)20-7-5-18(6-8-20)19-9-11-22(12-10-19)28(13-14-28)27(32)33/h2-12,15H,13-14,16H2,1H3,(H,32,33). The molecule has 1 heterocycles. The second-order valence-corrected chi connectivity index (χ2v) is 9.64. The number of hydrogen-bond acceptors (Lipinski definition) is 4. The molecule has 0 spiro atoms. The summed E-state index contributed by atoms with van der Waals surface area (Å²) < 4.78 is 6.46. The van der Waals surface area contributed by atoms with Gasteiger partial charge in [-0.05, 0) is 48.6 Å². The number of rotatable bonds is 7. The molecule has 4 aromatic rings. The lowest BCUT2D eigenvalue weighted by Crippen LogP contribution is -2.19. The summed E-state index contributed by atoms with van der Waals surface area (Å²) >= 11 is 3.41. The summed E-state index contributed by atoms with van der Waals surface area (Å²) in [5.41, 5.74) is 5.15. The Morgan fingerprint density at radius 1 is 0.971 bits per heavy atom. The van der Waals surface area contributed by atoms with Gasteiger partial charge >= 0.3 is 5.97 Å². The number of ketones is 1. The van der Waals surface area contributed by atoms with Crippen LogP contribution in [0.15, 0.2) is 81.8 Å². The average Bonchev–Trinajstić information content (AvgIpc) is 3.59. The van der Waals surface area contributed by atoms with Gasteiger partial charge in [0.15, 0.2) is 11.5 Å². The molecule has 0 radical (unpaired) electrons. The molecule has 0 atom stereocenters. The van der Waals surface area contributed by atoms with Gasteiger partial charge in [-0.25, -0.2) is 0 Å². The normalized spacial score (nSPS) is 14.1. The number of benzene rings is 3. The predicted molar refractivity (Wildman–Crippen MR) is 133 cm³/mol. The van der Waals surface area contributed by atoms with Crippen molar-refractivity contribution in [2.45, 2.75) is 31.6 Å². The van der Waals surface area contributed by atoms with E-state index in [9.17, 15) is 14.7 Å². The fraction of sp³-hybridized carbons (Fsp3) is 0.179. The third kappa shape index (κ3) is 4.10. The number of hydrogen-bond donors (Lipinski definition) is 1. The SMILES string of the molecule is Cc1noc(-c2ccc(-c3ccc(C4(C(=O)O)CC4)cc3)cc2)c1CC(=O)c1cccc(Br)c1. The molecule has 1 saturated carbocycles. The van der Waals surface area contributed by atoms with Gasteiger partial charge in [-0.15, -0.1) is 0 Å². The highest BCUT2D eigenvalue weighted by molar-refractivity contribution is 9.10. The Labute approximate surface area is 205 Å². The van der Waals surface area contributed by atoms with Crippen LogP contribution in [0.2, 0.25) is 0 Å². The van der Waals surface area contributed by atoms with Crippen LogP contribution in [0.4, 0.5) is 0 Å². The number of nitrogens with zero attached hydrogens (tertiary/aromatic N) is 1. The molecule has 6 heteroatoms. The first-order valence-corrected chi connectivity index (χ1v) is 11.9. The number of aryl methyl sites for hydroxylation is 1. The van der Waals surface area contributed by atoms with E-state index in [4.69, 9.17) is 4.52 Å². The number of carboxylic acid groups (broad SMARTS) is 1. The quantitative estimate of drug-likeness (QED) is 0.279. The Morgan fingerprint density at radius 3 is 2.18 bits per heavy atom. The molecular formula is C28H22BrNO4. The number of aliphatic carboxylic acids is 1. The summed E-state index contributed by atoms with van der Waals surface area (Å²) in [5.74, 6) is -0.152. The molecule has 0 aliphatic heterocycles. The maximum Gasteiger partial charge on any atom is 0.314 e. The van der Waals surface area contributed by atoms with Crippen molar-refractivity contribution in [1.29, 1.82) is 0 Å². The van der Waals surface area contributed by atoms with Crippen LogP contribution in [-0.2, 0) is 16.6 Å². The van der Waals surface area contributed by atoms with Crippen molar-refractivity contribution >= 4 is 27.7 Å². The second-order valence-electron chi connectivity index (χ2n) is 8.73. The number of carbonyl (C=O) groups excluding carboxylic acids is 1. The summed E-state index contributed by atoms with van der Waals surface area (Å²) in [6, 6.07) is 23.0. The number of carbonyl (C=O) groups is 2. The van der Waals surface area contributed by atoms with Gasteiger partial charge in [-0.2, -0.15) is 0 Å². The zero-order chi connectivity index (χ0) is 23.9. The van der Waals surface area contributed by atoms with Gasteiger partial charge in [-0.3, -0.25) is 9.59 Å². The third-order valence-corrected chi connectivity index (χ3v) is 7.04. The van der Waals surface area contributed by atoms with Gasteiger partial charge in [0.05, 0.1) is 11.1 Å². The van der Waals surface area contributed by atoms with E-state index in [-0.39, 0.29) is 12.2 Å². The van der Waals surface area contributed by atoms with Crippen LogP contribution >= 0.6 is 15.9 Å². The third-order valence-electron chi connectivity index (χ3n) is 6.55. The molecule has 5 nitrogen and oxygen atoms in total. The largest absolute Gasteiger partial charge is 0.481 e. The molecule has 34 heavy (non-hydrogen) atoms. The van der Waals surface area contributed by atoms with Crippen LogP contribution in [0.25, 0.3) is 22.5 Å². The van der Waals surface area contributed by atoms with Gasteiger partial charge in [0.2, 0.25) is 0 Å². The summed E-state index contributed by atoms with van der Waals surface area (Å²) in [4.78, 5) is 24.4. The number of aromatic nitrogens is 1. The van der Waals surface area contributed by atoms with Gasteiger partial charge in [0.25, 0.3) is 0 Å². The van der Waals surface area contributed by atoms with Crippen molar-refractivity contribution in [3.05, 3.63) is 99.7 Å². The van der Waals surface area contributed by atoms with E-state index >= 15 is 0 Å². The minimum absolute atomic E-state index is 0.000329. The zero-order valence-electron chi connectivity index (χ0n) is 18.5. The van der Waals surface area contributed by atoms with Crippen LogP contribution in [0.5, 0.6) is 0 Å². The number of Topliss-reactive ketones (excluding diaryl/α,β-unsaturated/α-hetero) is 1. The maximum absolute atomic E-state index is 12.9. The molecule has 1 aromatic heterocycles. The van der Waals surface area contributed by atoms with Crippen molar-refractivity contribution in [3.8, 4) is 22.5 Å². The topological polar surface area (TPSA) is 80.4 Å². The molecule has 5 rings (SSSR count). The van der Waals surface area contributed by atoms with Crippen molar-refractivity contribution in [1.82, 2.24) is 5.16 Å². The Morgan fingerprint density at radius 2 is 1.59 bits per heavy atom. The van der Waals surface area contributed by atoms with Crippen molar-refractivity contribution in [2.24, 2.45) is 0 Å². The molecule has 0 saturated heterocycles. The molecule has 0 bridgehead atoms. The number of halogens is 1. The van der Waals surface area contributed by atoms with E-state index in [0.29, 0.717) is 29.9 Å². The van der Waals surface area contributed by atoms with Crippen molar-refractivity contribution < 1.29 is 19.2 Å². The van der Waals surface area contributed by atoms with Crippen molar-refractivity contribution in [3.63, 3.8) is 0 Å². The molecule has 1 N–H and O–H groups in total. The lowest BCUT2D eigenvalue weighted by molar-refractivity contribution is -0.140. The van der Waals surface area contributed by atoms with Crippen molar-refractivity contribution in [2.75, 3.05) is 0 Å². The van der Waals surface area contributed by atoms with Crippen LogP contribution < -0.4 is 0 Å². The summed E-state index contributed by atoms with van der Waals surface area (Å²) in [6.45, 7) is 1.84. The molecule has 170 valence electrons. The smallest absolute Gasteiger partial charge is 0.314 e. The molecular weight excluding hydrogens is 494 g/mol. The molecule has 0 unspecified atom stereocenters. The first kappa shape index (κ1) is 22.3. The van der Waals surface area contributed by atoms with Crippen LogP contribution in [-0.4, -0.2) is 22.0 Å². The van der Waals surface area contributed by atoms with Gasteiger partial charge in [-0.1, -0.05) is 81.8 Å². The molecule has 3 aromatic carbocycles. The Balaban J connectivity index is 1.37. The minimum Gasteiger partial charge on any atom is -0.481 e. The highest BCUT2D eigenvalue weighted by atomic mass is 79.9. The van der Waals surface area contributed by atoms with E-state index < -0.39 is 11.4 Å². The fourth-order valence-corrected chi connectivity index (χ4v) is 4.69. The Kier molecular flexibility index (Phi) is 5.70. The summed E-state index contributed by atoms with van der Waals surface area (Å²) in [6.07, 6.45) is 1.59. The average molecular weight is 516 g/mol. The minimum atomic E-state index is -0.749. The van der Waals surface area contributed by atoms with Gasteiger partial charge < -0.3 is 9.63 Å².